The van der Waals surface area contributed by atoms with Gasteiger partial charge in [-0.15, -0.1) is 10.2 Å². The molecule has 1 aromatic carbocycles. The first-order chi connectivity index (χ1) is 10.4. The number of alkyl halides is 3. The van der Waals surface area contributed by atoms with E-state index in [1.807, 2.05) is 0 Å². The SMILES string of the molecule is CCOC[C@H](O)Cn1nnc(-c2cccc(C(F)(F)F)c2)n1. The molecule has 0 saturated heterocycles. The summed E-state index contributed by atoms with van der Waals surface area (Å²) in [5.74, 6) is 0.0645. The topological polar surface area (TPSA) is 73.1 Å². The number of tetrazole rings is 1. The van der Waals surface area contributed by atoms with E-state index in [0.29, 0.717) is 6.61 Å². The average Bonchev–Trinajstić information content (AvgIpc) is 2.93. The van der Waals surface area contributed by atoms with Crippen LogP contribution >= 0.6 is 0 Å². The lowest BCUT2D eigenvalue weighted by Gasteiger charge is -2.08. The van der Waals surface area contributed by atoms with E-state index in [2.05, 4.69) is 15.4 Å². The largest absolute Gasteiger partial charge is 0.416 e. The van der Waals surface area contributed by atoms with Gasteiger partial charge in [-0.05, 0) is 24.3 Å². The fourth-order valence-corrected chi connectivity index (χ4v) is 1.77. The van der Waals surface area contributed by atoms with Gasteiger partial charge in [0.1, 0.15) is 0 Å². The Labute approximate surface area is 124 Å². The standard InChI is InChI=1S/C13H15F3N4O2/c1-2-22-8-11(21)7-20-18-12(17-19-20)9-4-3-5-10(6-9)13(14,15)16/h3-6,11,21H,2,7-8H2,1H3/t11-/m1/s1. The summed E-state index contributed by atoms with van der Waals surface area (Å²) < 4.78 is 43.1. The number of nitrogens with zero attached hydrogens (tertiary/aromatic N) is 4. The monoisotopic (exact) mass is 316 g/mol. The molecule has 0 aliphatic rings. The highest BCUT2D eigenvalue weighted by Gasteiger charge is 2.30. The van der Waals surface area contributed by atoms with Crippen molar-refractivity contribution in [2.45, 2.75) is 25.7 Å². The van der Waals surface area contributed by atoms with Crippen molar-refractivity contribution in [1.29, 1.82) is 0 Å². The van der Waals surface area contributed by atoms with Gasteiger partial charge in [-0.3, -0.25) is 0 Å². The lowest BCUT2D eigenvalue weighted by atomic mass is 10.1. The molecule has 1 heterocycles. The Balaban J connectivity index is 2.11. The van der Waals surface area contributed by atoms with Crippen molar-refractivity contribution in [3.8, 4) is 11.4 Å². The van der Waals surface area contributed by atoms with E-state index < -0.39 is 17.8 Å². The summed E-state index contributed by atoms with van der Waals surface area (Å²) in [7, 11) is 0. The molecule has 0 saturated carbocycles. The highest BCUT2D eigenvalue weighted by molar-refractivity contribution is 5.55. The Morgan fingerprint density at radius 2 is 2.14 bits per heavy atom. The van der Waals surface area contributed by atoms with Crippen molar-refractivity contribution >= 4 is 0 Å². The minimum absolute atomic E-state index is 0.0476. The van der Waals surface area contributed by atoms with E-state index in [4.69, 9.17) is 4.74 Å². The first kappa shape index (κ1) is 16.4. The van der Waals surface area contributed by atoms with E-state index in [1.165, 1.54) is 12.1 Å². The normalized spacial score (nSPS) is 13.3. The van der Waals surface area contributed by atoms with Gasteiger partial charge in [-0.1, -0.05) is 12.1 Å². The highest BCUT2D eigenvalue weighted by atomic mass is 19.4. The molecule has 0 fully saturated rings. The number of ether oxygens (including phenoxy) is 1. The van der Waals surface area contributed by atoms with Crippen LogP contribution in [0.3, 0.4) is 0 Å². The van der Waals surface area contributed by atoms with Gasteiger partial charge in [0.25, 0.3) is 0 Å². The maximum atomic E-state index is 12.7. The lowest BCUT2D eigenvalue weighted by Crippen LogP contribution is -2.23. The molecule has 0 aliphatic heterocycles. The Bertz CT molecular complexity index is 615. The van der Waals surface area contributed by atoms with Crippen molar-refractivity contribution in [3.63, 3.8) is 0 Å². The second-order valence-corrected chi connectivity index (χ2v) is 4.56. The zero-order valence-corrected chi connectivity index (χ0v) is 11.8. The van der Waals surface area contributed by atoms with E-state index in [0.717, 1.165) is 16.9 Å². The molecule has 0 radical (unpaired) electrons. The van der Waals surface area contributed by atoms with Gasteiger partial charge in [0.15, 0.2) is 0 Å². The summed E-state index contributed by atoms with van der Waals surface area (Å²) in [6, 6.07) is 4.67. The van der Waals surface area contributed by atoms with Gasteiger partial charge in [0.05, 0.1) is 24.8 Å². The zero-order valence-electron chi connectivity index (χ0n) is 11.8. The molecule has 1 atom stereocenters. The highest BCUT2D eigenvalue weighted by Crippen LogP contribution is 2.31. The first-order valence-electron chi connectivity index (χ1n) is 6.61. The molecule has 120 valence electrons. The van der Waals surface area contributed by atoms with Gasteiger partial charge >= 0.3 is 6.18 Å². The van der Waals surface area contributed by atoms with Crippen LogP contribution in [0, 0.1) is 0 Å². The Morgan fingerprint density at radius 1 is 1.36 bits per heavy atom. The summed E-state index contributed by atoms with van der Waals surface area (Å²) in [5, 5.41) is 21.0. The molecule has 9 heteroatoms. The molecule has 22 heavy (non-hydrogen) atoms. The molecule has 2 rings (SSSR count). The molecule has 0 bridgehead atoms. The van der Waals surface area contributed by atoms with Crippen LogP contribution in [0.5, 0.6) is 0 Å². The van der Waals surface area contributed by atoms with Gasteiger partial charge in [-0.2, -0.15) is 18.0 Å². The fraction of sp³-hybridized carbons (Fsp3) is 0.462. The van der Waals surface area contributed by atoms with E-state index >= 15 is 0 Å². The molecule has 0 spiro atoms. The Kier molecular flexibility index (Phi) is 5.09. The third kappa shape index (κ3) is 4.25. The third-order valence-electron chi connectivity index (χ3n) is 2.79. The summed E-state index contributed by atoms with van der Waals surface area (Å²) in [4.78, 5) is 1.12. The van der Waals surface area contributed by atoms with Crippen LogP contribution in [0.15, 0.2) is 24.3 Å². The van der Waals surface area contributed by atoms with Gasteiger partial charge in [0, 0.05) is 12.2 Å². The summed E-state index contributed by atoms with van der Waals surface area (Å²) in [6.45, 7) is 2.44. The number of halogens is 3. The molecule has 1 N–H and O–H groups in total. The average molecular weight is 316 g/mol. The quantitative estimate of drug-likeness (QED) is 0.879. The number of aliphatic hydroxyl groups excluding tert-OH is 1. The molecule has 0 unspecified atom stereocenters. The molecule has 0 amide bonds. The number of hydrogen-bond acceptors (Lipinski definition) is 5. The van der Waals surface area contributed by atoms with Crippen LogP contribution in [0.1, 0.15) is 12.5 Å². The molecule has 1 aromatic heterocycles. The molecular formula is C13H15F3N4O2. The molecule has 0 aliphatic carbocycles. The second kappa shape index (κ2) is 6.84. The van der Waals surface area contributed by atoms with Gasteiger partial charge in [-0.25, -0.2) is 0 Å². The maximum absolute atomic E-state index is 12.7. The van der Waals surface area contributed by atoms with Crippen LogP contribution in [0.25, 0.3) is 11.4 Å². The predicted molar refractivity (Wildman–Crippen MR) is 70.8 cm³/mol. The molecular weight excluding hydrogens is 301 g/mol. The maximum Gasteiger partial charge on any atom is 0.416 e. The van der Waals surface area contributed by atoms with E-state index in [1.54, 1.807) is 6.92 Å². The zero-order chi connectivity index (χ0) is 16.2. The van der Waals surface area contributed by atoms with Crippen LogP contribution in [-0.2, 0) is 17.5 Å². The number of aliphatic hydroxyl groups is 1. The first-order valence-corrected chi connectivity index (χ1v) is 6.61. The summed E-state index contributed by atoms with van der Waals surface area (Å²) in [6.07, 6.45) is -5.25. The molecule has 2 aromatic rings. The minimum Gasteiger partial charge on any atom is -0.389 e. The predicted octanol–water partition coefficient (Wildman–Crippen LogP) is 1.76. The summed E-state index contributed by atoms with van der Waals surface area (Å²) >= 11 is 0. The van der Waals surface area contributed by atoms with Crippen LogP contribution in [0.4, 0.5) is 13.2 Å². The third-order valence-corrected chi connectivity index (χ3v) is 2.79. The van der Waals surface area contributed by atoms with Gasteiger partial charge in [0.2, 0.25) is 5.82 Å². The van der Waals surface area contributed by atoms with Crippen LogP contribution < -0.4 is 0 Å². The summed E-state index contributed by atoms with van der Waals surface area (Å²) in [5.41, 5.74) is -0.571. The van der Waals surface area contributed by atoms with Crippen molar-refractivity contribution in [3.05, 3.63) is 29.8 Å². The van der Waals surface area contributed by atoms with Crippen molar-refractivity contribution in [1.82, 2.24) is 20.2 Å². The van der Waals surface area contributed by atoms with E-state index in [-0.39, 0.29) is 24.5 Å². The van der Waals surface area contributed by atoms with Gasteiger partial charge < -0.3 is 9.84 Å². The lowest BCUT2D eigenvalue weighted by molar-refractivity contribution is -0.137. The minimum atomic E-state index is -4.43. The van der Waals surface area contributed by atoms with Crippen LogP contribution in [0.2, 0.25) is 0 Å². The fourth-order valence-electron chi connectivity index (χ4n) is 1.77. The number of hydrogen-bond donors (Lipinski definition) is 1. The smallest absolute Gasteiger partial charge is 0.389 e. The van der Waals surface area contributed by atoms with Crippen LogP contribution in [-0.4, -0.2) is 44.6 Å². The second-order valence-electron chi connectivity index (χ2n) is 4.56. The van der Waals surface area contributed by atoms with Crippen molar-refractivity contribution in [2.75, 3.05) is 13.2 Å². The number of rotatable bonds is 6. The Morgan fingerprint density at radius 3 is 2.82 bits per heavy atom. The Hall–Kier alpha value is -2.00. The van der Waals surface area contributed by atoms with E-state index in [9.17, 15) is 18.3 Å². The molecule has 6 nitrogen and oxygen atoms in total. The van der Waals surface area contributed by atoms with Crippen molar-refractivity contribution < 1.29 is 23.0 Å². The number of benzene rings is 1. The van der Waals surface area contributed by atoms with Crippen molar-refractivity contribution in [2.24, 2.45) is 0 Å². The number of aromatic nitrogens is 4.